The zero-order valence-corrected chi connectivity index (χ0v) is 9.98. The molecule has 2 N–H and O–H groups in total. The van der Waals surface area contributed by atoms with E-state index >= 15 is 0 Å². The summed E-state index contributed by atoms with van der Waals surface area (Å²) >= 11 is 0. The summed E-state index contributed by atoms with van der Waals surface area (Å²) in [5, 5.41) is 8.35. The highest BCUT2D eigenvalue weighted by Gasteiger charge is 2.27. The number of hydrogen-bond donors (Lipinski definition) is 2. The van der Waals surface area contributed by atoms with Crippen molar-refractivity contribution in [3.05, 3.63) is 0 Å². The van der Waals surface area contributed by atoms with E-state index in [9.17, 15) is 21.6 Å². The Bertz CT molecular complexity index is 292. The molecule has 0 unspecified atom stereocenters. The molecule has 0 aromatic rings. The number of nitrogens with one attached hydrogen (secondary N) is 1. The Hall–Kier alpha value is -0.380. The molecule has 0 saturated heterocycles. The van der Waals surface area contributed by atoms with Crippen molar-refractivity contribution in [2.75, 3.05) is 32.1 Å². The maximum Gasteiger partial charge on any atom is 0.389 e. The predicted octanol–water partition coefficient (Wildman–Crippen LogP) is 0.257. The minimum atomic E-state index is -4.33. The standard InChI is InChI=1S/C8H16F3NO4S/c9-8(10,11)2-1-7-17(14,15)12-3-5-16-6-4-13/h12-13H,1-7H2. The number of hydrogen-bond acceptors (Lipinski definition) is 4. The zero-order valence-electron chi connectivity index (χ0n) is 9.16. The summed E-state index contributed by atoms with van der Waals surface area (Å²) in [5.74, 6) is -0.563. The van der Waals surface area contributed by atoms with Gasteiger partial charge in [0.15, 0.2) is 0 Å². The number of alkyl halides is 3. The van der Waals surface area contributed by atoms with Gasteiger partial charge in [0.05, 0.1) is 25.6 Å². The molecule has 0 saturated carbocycles. The third kappa shape index (κ3) is 11.9. The van der Waals surface area contributed by atoms with Gasteiger partial charge < -0.3 is 9.84 Å². The first kappa shape index (κ1) is 16.6. The van der Waals surface area contributed by atoms with Gasteiger partial charge in [0.1, 0.15) is 0 Å². The lowest BCUT2D eigenvalue weighted by molar-refractivity contribution is -0.134. The fraction of sp³-hybridized carbons (Fsp3) is 1.00. The molecule has 0 aromatic heterocycles. The van der Waals surface area contributed by atoms with E-state index in [0.717, 1.165) is 0 Å². The van der Waals surface area contributed by atoms with E-state index in [1.165, 1.54) is 0 Å². The molecule has 5 nitrogen and oxygen atoms in total. The molecular formula is C8H16F3NO4S. The largest absolute Gasteiger partial charge is 0.394 e. The molecule has 9 heteroatoms. The molecule has 17 heavy (non-hydrogen) atoms. The number of aliphatic hydroxyl groups excluding tert-OH is 1. The number of sulfonamides is 1. The Morgan fingerprint density at radius 2 is 1.88 bits per heavy atom. The smallest absolute Gasteiger partial charge is 0.389 e. The van der Waals surface area contributed by atoms with Crippen LogP contribution in [0.4, 0.5) is 13.2 Å². The van der Waals surface area contributed by atoms with Gasteiger partial charge in [0.2, 0.25) is 10.0 Å². The Morgan fingerprint density at radius 1 is 1.24 bits per heavy atom. The predicted molar refractivity (Wildman–Crippen MR) is 55.0 cm³/mol. The van der Waals surface area contributed by atoms with E-state index in [2.05, 4.69) is 4.72 Å². The summed E-state index contributed by atoms with van der Waals surface area (Å²) in [4.78, 5) is 0. The van der Waals surface area contributed by atoms with E-state index in [1.54, 1.807) is 0 Å². The first-order chi connectivity index (χ1) is 7.77. The van der Waals surface area contributed by atoms with Crippen LogP contribution in [-0.2, 0) is 14.8 Å². The molecule has 0 amide bonds. The molecule has 0 aromatic carbocycles. The monoisotopic (exact) mass is 279 g/mol. The first-order valence-electron chi connectivity index (χ1n) is 4.99. The summed E-state index contributed by atoms with van der Waals surface area (Å²) in [6.07, 6.45) is -5.91. The van der Waals surface area contributed by atoms with E-state index in [4.69, 9.17) is 9.84 Å². The summed E-state index contributed by atoms with van der Waals surface area (Å²) < 4.78 is 64.5. The van der Waals surface area contributed by atoms with Gasteiger partial charge in [-0.25, -0.2) is 13.1 Å². The van der Waals surface area contributed by atoms with Gasteiger partial charge in [-0.1, -0.05) is 0 Å². The molecule has 0 fully saturated rings. The highest BCUT2D eigenvalue weighted by molar-refractivity contribution is 7.89. The third-order valence-electron chi connectivity index (χ3n) is 1.68. The van der Waals surface area contributed by atoms with Crippen LogP contribution in [0, 0.1) is 0 Å². The van der Waals surface area contributed by atoms with E-state index in [-0.39, 0.29) is 26.4 Å². The molecule has 0 spiro atoms. The van der Waals surface area contributed by atoms with Gasteiger partial charge in [0.25, 0.3) is 0 Å². The maximum absolute atomic E-state index is 11.8. The molecule has 0 aliphatic heterocycles. The lowest BCUT2D eigenvalue weighted by Crippen LogP contribution is -2.30. The van der Waals surface area contributed by atoms with Gasteiger partial charge in [-0.15, -0.1) is 0 Å². The molecule has 0 aliphatic rings. The van der Waals surface area contributed by atoms with E-state index < -0.39 is 34.8 Å². The molecule has 0 aliphatic carbocycles. The third-order valence-corrected chi connectivity index (χ3v) is 3.15. The van der Waals surface area contributed by atoms with Crippen molar-refractivity contribution in [2.24, 2.45) is 0 Å². The van der Waals surface area contributed by atoms with Gasteiger partial charge in [-0.05, 0) is 6.42 Å². The Morgan fingerprint density at radius 3 is 2.41 bits per heavy atom. The summed E-state index contributed by atoms with van der Waals surface area (Å²) in [5.41, 5.74) is 0. The first-order valence-corrected chi connectivity index (χ1v) is 6.65. The quantitative estimate of drug-likeness (QED) is 0.594. The van der Waals surface area contributed by atoms with E-state index in [0.29, 0.717) is 0 Å². The highest BCUT2D eigenvalue weighted by atomic mass is 32.2. The number of halogens is 3. The van der Waals surface area contributed by atoms with Crippen molar-refractivity contribution in [1.82, 2.24) is 4.72 Å². The van der Waals surface area contributed by atoms with E-state index in [1.807, 2.05) is 0 Å². The minimum Gasteiger partial charge on any atom is -0.394 e. The average molecular weight is 279 g/mol. The Balaban J connectivity index is 3.67. The van der Waals surface area contributed by atoms with Gasteiger partial charge in [-0.2, -0.15) is 13.2 Å². The molecule has 0 atom stereocenters. The second-order valence-electron chi connectivity index (χ2n) is 3.27. The van der Waals surface area contributed by atoms with Crippen molar-refractivity contribution in [1.29, 1.82) is 0 Å². The van der Waals surface area contributed by atoms with Crippen LogP contribution in [0.25, 0.3) is 0 Å². The number of aliphatic hydroxyl groups is 1. The van der Waals surface area contributed by atoms with Crippen LogP contribution in [0.2, 0.25) is 0 Å². The van der Waals surface area contributed by atoms with Crippen molar-refractivity contribution in [2.45, 2.75) is 19.0 Å². The van der Waals surface area contributed by atoms with Crippen molar-refractivity contribution in [3.63, 3.8) is 0 Å². The van der Waals surface area contributed by atoms with Crippen LogP contribution in [-0.4, -0.2) is 51.8 Å². The molecule has 104 valence electrons. The van der Waals surface area contributed by atoms with Crippen LogP contribution in [0.15, 0.2) is 0 Å². The average Bonchev–Trinajstić information content (AvgIpc) is 2.14. The molecular weight excluding hydrogens is 263 g/mol. The molecule has 0 bridgehead atoms. The van der Waals surface area contributed by atoms with Crippen LogP contribution >= 0.6 is 0 Å². The van der Waals surface area contributed by atoms with Gasteiger partial charge in [-0.3, -0.25) is 0 Å². The second-order valence-corrected chi connectivity index (χ2v) is 5.19. The molecule has 0 rings (SSSR count). The maximum atomic E-state index is 11.8. The normalized spacial score (nSPS) is 12.9. The molecule has 0 heterocycles. The summed E-state index contributed by atoms with van der Waals surface area (Å²) in [7, 11) is -3.68. The minimum absolute atomic E-state index is 0.0195. The van der Waals surface area contributed by atoms with Crippen LogP contribution in [0.5, 0.6) is 0 Å². The lowest BCUT2D eigenvalue weighted by Gasteiger charge is -2.08. The summed E-state index contributed by atoms with van der Waals surface area (Å²) in [6, 6.07) is 0. The van der Waals surface area contributed by atoms with Crippen LogP contribution in [0.3, 0.4) is 0 Å². The van der Waals surface area contributed by atoms with Crippen LogP contribution < -0.4 is 4.72 Å². The fourth-order valence-electron chi connectivity index (χ4n) is 0.971. The van der Waals surface area contributed by atoms with Gasteiger partial charge in [0, 0.05) is 13.0 Å². The number of rotatable bonds is 9. The zero-order chi connectivity index (χ0) is 13.4. The Kier molecular flexibility index (Phi) is 7.68. The van der Waals surface area contributed by atoms with Crippen molar-refractivity contribution < 1.29 is 31.4 Å². The SMILES string of the molecule is O=S(=O)(CCCC(F)(F)F)NCCOCCO. The number of ether oxygens (including phenoxy) is 1. The highest BCUT2D eigenvalue weighted by Crippen LogP contribution is 2.21. The summed E-state index contributed by atoms with van der Waals surface area (Å²) in [6.45, 7) is -0.0262. The van der Waals surface area contributed by atoms with Crippen LogP contribution in [0.1, 0.15) is 12.8 Å². The van der Waals surface area contributed by atoms with Crippen molar-refractivity contribution in [3.8, 4) is 0 Å². The molecule has 0 radical (unpaired) electrons. The Labute approximate surface area is 98.0 Å². The van der Waals surface area contributed by atoms with Gasteiger partial charge >= 0.3 is 6.18 Å². The van der Waals surface area contributed by atoms with Crippen molar-refractivity contribution >= 4 is 10.0 Å². The topological polar surface area (TPSA) is 75.6 Å². The second kappa shape index (κ2) is 7.85. The lowest BCUT2D eigenvalue weighted by atomic mass is 10.3. The fourth-order valence-corrected chi connectivity index (χ4v) is 2.03.